The molecule has 1 atom stereocenters. The number of rotatable bonds is 6. The van der Waals surface area contributed by atoms with E-state index in [4.69, 9.17) is 4.74 Å². The largest absolute Gasteiger partial charge is 0.363 e. The first-order valence-electron chi connectivity index (χ1n) is 9.50. The summed E-state index contributed by atoms with van der Waals surface area (Å²) in [6.45, 7) is 2.55. The van der Waals surface area contributed by atoms with E-state index in [1.807, 2.05) is 60.2 Å². The van der Waals surface area contributed by atoms with E-state index < -0.39 is 0 Å². The van der Waals surface area contributed by atoms with Crippen LogP contribution >= 0.6 is 27.3 Å². The zero-order chi connectivity index (χ0) is 20.9. The van der Waals surface area contributed by atoms with E-state index in [1.165, 1.54) is 0 Å². The van der Waals surface area contributed by atoms with Crippen LogP contribution in [0.4, 0.5) is 0 Å². The molecule has 148 valence electrons. The highest BCUT2D eigenvalue weighted by atomic mass is 79.9. The summed E-state index contributed by atoms with van der Waals surface area (Å²) in [5.74, 6) is 0. The number of aryl methyl sites for hydroxylation is 1. The molecule has 30 heavy (non-hydrogen) atoms. The van der Waals surface area contributed by atoms with Crippen LogP contribution in [0.15, 0.2) is 82.9 Å². The summed E-state index contributed by atoms with van der Waals surface area (Å²) in [7, 11) is 0. The molecule has 1 aromatic heterocycles. The van der Waals surface area contributed by atoms with Crippen LogP contribution in [0.5, 0.6) is 0 Å². The van der Waals surface area contributed by atoms with Crippen molar-refractivity contribution in [1.29, 1.82) is 5.26 Å². The normalized spacial score (nSPS) is 11.8. The van der Waals surface area contributed by atoms with Gasteiger partial charge in [0.05, 0.1) is 28.6 Å². The molecule has 0 amide bonds. The Hall–Kier alpha value is -2.78. The lowest BCUT2D eigenvalue weighted by Crippen LogP contribution is -2.06. The summed E-state index contributed by atoms with van der Waals surface area (Å²) in [6.07, 6.45) is 1.60. The van der Waals surface area contributed by atoms with Crippen LogP contribution in [-0.4, -0.2) is 4.98 Å². The van der Waals surface area contributed by atoms with Crippen molar-refractivity contribution in [1.82, 2.24) is 4.98 Å². The molecule has 1 heterocycles. The summed E-state index contributed by atoms with van der Waals surface area (Å²) in [6, 6.07) is 24.5. The number of nitriles is 1. The van der Waals surface area contributed by atoms with Gasteiger partial charge in [0.15, 0.2) is 0 Å². The molecule has 0 bridgehead atoms. The fourth-order valence-corrected chi connectivity index (χ4v) is 4.34. The molecule has 0 N–H and O–H groups in total. The maximum absolute atomic E-state index is 9.67. The van der Waals surface area contributed by atoms with Gasteiger partial charge in [-0.1, -0.05) is 58.4 Å². The quantitative estimate of drug-likeness (QED) is 0.300. The zero-order valence-corrected chi connectivity index (χ0v) is 18.8. The van der Waals surface area contributed by atoms with E-state index in [0.29, 0.717) is 12.2 Å². The molecule has 0 aliphatic heterocycles. The summed E-state index contributed by atoms with van der Waals surface area (Å²) in [4.78, 5) is 5.28. The number of halogens is 1. The van der Waals surface area contributed by atoms with Crippen LogP contribution in [0.3, 0.4) is 0 Å². The Labute approximate surface area is 188 Å². The summed E-state index contributed by atoms with van der Waals surface area (Å²) >= 11 is 5.04. The van der Waals surface area contributed by atoms with Crippen molar-refractivity contribution < 1.29 is 4.74 Å². The van der Waals surface area contributed by atoms with Gasteiger partial charge in [0.25, 0.3) is 0 Å². The Morgan fingerprint density at radius 1 is 1.07 bits per heavy atom. The minimum atomic E-state index is -0.253. The van der Waals surface area contributed by atoms with Gasteiger partial charge in [-0.3, -0.25) is 4.98 Å². The lowest BCUT2D eigenvalue weighted by Gasteiger charge is -2.19. The van der Waals surface area contributed by atoms with Crippen LogP contribution in [0.25, 0.3) is 11.1 Å². The third kappa shape index (κ3) is 4.52. The van der Waals surface area contributed by atoms with Gasteiger partial charge in [-0.15, -0.1) is 11.3 Å². The molecular formula is C25H19BrN2OS. The van der Waals surface area contributed by atoms with Crippen molar-refractivity contribution in [3.63, 3.8) is 0 Å². The number of hydrogen-bond acceptors (Lipinski definition) is 4. The highest BCUT2D eigenvalue weighted by Crippen LogP contribution is 2.34. The van der Waals surface area contributed by atoms with Crippen molar-refractivity contribution in [2.24, 2.45) is 0 Å². The number of hydrogen-bond donors (Lipinski definition) is 0. The van der Waals surface area contributed by atoms with Gasteiger partial charge in [0, 0.05) is 16.2 Å². The molecule has 0 spiro atoms. The van der Waals surface area contributed by atoms with Crippen LogP contribution in [-0.2, 0) is 11.3 Å². The standard InChI is InChI=1S/C25H19BrN2OS/c1-17-4-2-3-5-22(17)23-12-19(8-9-20(23)13-27)25(24-14-28-16-30-24)29-15-18-6-10-21(26)11-7-18/h2-12,14,16,25H,15H2,1H3. The van der Waals surface area contributed by atoms with Crippen molar-refractivity contribution in [2.75, 3.05) is 0 Å². The molecule has 0 aliphatic carbocycles. The van der Waals surface area contributed by atoms with Gasteiger partial charge < -0.3 is 4.74 Å². The van der Waals surface area contributed by atoms with Crippen LogP contribution in [0.2, 0.25) is 0 Å². The van der Waals surface area contributed by atoms with Gasteiger partial charge in [0.1, 0.15) is 6.10 Å². The second-order valence-corrected chi connectivity index (χ2v) is 8.79. The predicted molar refractivity (Wildman–Crippen MR) is 124 cm³/mol. The summed E-state index contributed by atoms with van der Waals surface area (Å²) in [5, 5.41) is 9.67. The maximum atomic E-state index is 9.67. The van der Waals surface area contributed by atoms with E-state index in [-0.39, 0.29) is 6.10 Å². The third-order valence-electron chi connectivity index (χ3n) is 4.94. The van der Waals surface area contributed by atoms with Crippen molar-refractivity contribution >= 4 is 27.3 Å². The van der Waals surface area contributed by atoms with Crippen molar-refractivity contribution in [3.8, 4) is 17.2 Å². The fourth-order valence-electron chi connectivity index (χ4n) is 3.38. The fraction of sp³-hybridized carbons (Fsp3) is 0.120. The average molecular weight is 475 g/mol. The highest BCUT2D eigenvalue weighted by Gasteiger charge is 2.19. The van der Waals surface area contributed by atoms with E-state index in [0.717, 1.165) is 37.2 Å². The Morgan fingerprint density at radius 3 is 2.57 bits per heavy atom. The first-order chi connectivity index (χ1) is 14.7. The van der Waals surface area contributed by atoms with Crippen LogP contribution in [0, 0.1) is 18.3 Å². The first kappa shape index (κ1) is 20.5. The number of thiazole rings is 1. The molecule has 3 nitrogen and oxygen atoms in total. The zero-order valence-electron chi connectivity index (χ0n) is 16.4. The van der Waals surface area contributed by atoms with E-state index >= 15 is 0 Å². The van der Waals surface area contributed by atoms with Gasteiger partial charge >= 0.3 is 0 Å². The minimum absolute atomic E-state index is 0.253. The minimum Gasteiger partial charge on any atom is -0.363 e. The van der Waals surface area contributed by atoms with Gasteiger partial charge in [-0.2, -0.15) is 5.26 Å². The molecular weight excluding hydrogens is 456 g/mol. The van der Waals surface area contributed by atoms with Gasteiger partial charge in [-0.05, 0) is 53.4 Å². The van der Waals surface area contributed by atoms with E-state index in [2.05, 4.69) is 52.1 Å². The second kappa shape index (κ2) is 9.36. The summed E-state index contributed by atoms with van der Waals surface area (Å²) < 4.78 is 7.41. The molecule has 4 rings (SSSR count). The Kier molecular flexibility index (Phi) is 6.39. The van der Waals surface area contributed by atoms with E-state index in [1.54, 1.807) is 11.3 Å². The molecule has 0 fully saturated rings. The molecule has 3 aromatic carbocycles. The molecule has 0 radical (unpaired) electrons. The topological polar surface area (TPSA) is 45.9 Å². The molecule has 4 aromatic rings. The van der Waals surface area contributed by atoms with Gasteiger partial charge in [0.2, 0.25) is 0 Å². The van der Waals surface area contributed by atoms with Gasteiger partial charge in [-0.25, -0.2) is 0 Å². The number of ether oxygens (including phenoxy) is 1. The number of nitrogens with zero attached hydrogens (tertiary/aromatic N) is 2. The Balaban J connectivity index is 1.72. The molecule has 0 saturated heterocycles. The molecule has 0 aliphatic rings. The van der Waals surface area contributed by atoms with Crippen LogP contribution < -0.4 is 0 Å². The predicted octanol–water partition coefficient (Wildman–Crippen LogP) is 7.06. The summed E-state index contributed by atoms with van der Waals surface area (Å²) in [5.41, 5.74) is 7.70. The smallest absolute Gasteiger partial charge is 0.119 e. The Bertz CT molecular complexity index is 1180. The Morgan fingerprint density at radius 2 is 1.87 bits per heavy atom. The average Bonchev–Trinajstić information content (AvgIpc) is 3.30. The number of aromatic nitrogens is 1. The lowest BCUT2D eigenvalue weighted by molar-refractivity contribution is 0.0689. The molecule has 0 saturated carbocycles. The van der Waals surface area contributed by atoms with E-state index in [9.17, 15) is 5.26 Å². The van der Waals surface area contributed by atoms with Crippen LogP contribution in [0.1, 0.15) is 33.2 Å². The third-order valence-corrected chi connectivity index (χ3v) is 6.29. The second-order valence-electron chi connectivity index (χ2n) is 6.95. The van der Waals surface area contributed by atoms with Crippen molar-refractivity contribution in [2.45, 2.75) is 19.6 Å². The van der Waals surface area contributed by atoms with Crippen molar-refractivity contribution in [3.05, 3.63) is 110 Å². The highest BCUT2D eigenvalue weighted by molar-refractivity contribution is 9.10. The number of benzene rings is 3. The SMILES string of the molecule is Cc1ccccc1-c1cc(C(OCc2ccc(Br)cc2)c2cncs2)ccc1C#N. The first-order valence-corrected chi connectivity index (χ1v) is 11.2. The molecule has 1 unspecified atom stereocenters. The lowest BCUT2D eigenvalue weighted by atomic mass is 9.93. The molecule has 5 heteroatoms. The monoisotopic (exact) mass is 474 g/mol. The maximum Gasteiger partial charge on any atom is 0.119 e.